The number of nitrogens with one attached hydrogen (secondary N) is 1. The average Bonchev–Trinajstić information content (AvgIpc) is 2.56. The maximum atomic E-state index is 12.2. The number of esters is 1. The highest BCUT2D eigenvalue weighted by Gasteiger charge is 2.34. The fourth-order valence-corrected chi connectivity index (χ4v) is 2.97. The first-order valence-electron chi connectivity index (χ1n) is 9.22. The lowest BCUT2D eigenvalue weighted by atomic mass is 10.0. The highest BCUT2D eigenvalue weighted by atomic mass is 16.6. The molecule has 6 heteroatoms. The first kappa shape index (κ1) is 20.2. The van der Waals surface area contributed by atoms with Crippen molar-refractivity contribution in [2.45, 2.75) is 64.8 Å². The molecular weight excluding hydrogens is 332 g/mol. The normalized spacial score (nSPS) is 21.1. The third-order valence-corrected chi connectivity index (χ3v) is 4.16. The molecule has 2 rings (SSSR count). The average molecular weight is 362 g/mol. The van der Waals surface area contributed by atoms with Crippen LogP contribution in [0.1, 0.15) is 46.1 Å². The van der Waals surface area contributed by atoms with Gasteiger partial charge >= 0.3 is 12.1 Å². The van der Waals surface area contributed by atoms with Crippen LogP contribution < -0.4 is 5.32 Å². The molecule has 1 fully saturated rings. The Morgan fingerprint density at radius 2 is 1.92 bits per heavy atom. The third-order valence-electron chi connectivity index (χ3n) is 4.16. The molecule has 0 saturated carbocycles. The Kier molecular flexibility index (Phi) is 7.03. The van der Waals surface area contributed by atoms with E-state index in [1.165, 1.54) is 5.56 Å². The lowest BCUT2D eigenvalue weighted by Crippen LogP contribution is -2.56. The number of hydrogen-bond donors (Lipinski definition) is 1. The molecule has 1 amide bonds. The summed E-state index contributed by atoms with van der Waals surface area (Å²) >= 11 is 0. The molecule has 0 radical (unpaired) electrons. The molecule has 0 bridgehead atoms. The lowest BCUT2D eigenvalue weighted by molar-refractivity contribution is -0.152. The van der Waals surface area contributed by atoms with E-state index in [4.69, 9.17) is 9.47 Å². The van der Waals surface area contributed by atoms with Gasteiger partial charge in [-0.25, -0.2) is 4.79 Å². The van der Waals surface area contributed by atoms with Crippen LogP contribution >= 0.6 is 0 Å². The van der Waals surface area contributed by atoms with E-state index in [-0.39, 0.29) is 18.1 Å². The number of alkyl carbamates (subject to hydrolysis) is 1. The van der Waals surface area contributed by atoms with Crippen molar-refractivity contribution < 1.29 is 19.1 Å². The summed E-state index contributed by atoms with van der Waals surface area (Å²) in [4.78, 5) is 26.2. The number of carbonyl (C=O) groups excluding carboxylic acids is 2. The minimum absolute atomic E-state index is 0.248. The number of amides is 1. The molecule has 144 valence electrons. The predicted molar refractivity (Wildman–Crippen MR) is 99.7 cm³/mol. The molecule has 0 aliphatic carbocycles. The van der Waals surface area contributed by atoms with Gasteiger partial charge < -0.3 is 14.8 Å². The van der Waals surface area contributed by atoms with Crippen LogP contribution in [0, 0.1) is 0 Å². The Balaban J connectivity index is 2.02. The number of piperidine rings is 1. The van der Waals surface area contributed by atoms with Crippen LogP contribution in [0.5, 0.6) is 0 Å². The van der Waals surface area contributed by atoms with Crippen LogP contribution in [-0.2, 0) is 20.8 Å². The predicted octanol–water partition coefficient (Wildman–Crippen LogP) is 3.11. The van der Waals surface area contributed by atoms with Crippen LogP contribution in [0.25, 0.3) is 0 Å². The monoisotopic (exact) mass is 362 g/mol. The molecule has 26 heavy (non-hydrogen) atoms. The number of ether oxygens (including phenoxy) is 2. The van der Waals surface area contributed by atoms with Gasteiger partial charge in [0.2, 0.25) is 0 Å². The number of likely N-dealkylation sites (tertiary alicyclic amines) is 1. The van der Waals surface area contributed by atoms with Crippen LogP contribution in [0.2, 0.25) is 0 Å². The second-order valence-electron chi connectivity index (χ2n) is 7.64. The SMILES string of the molecule is CCC(=O)OC1CCN(Cc2ccccc2)CC1NC(=O)OC(C)(C)C. The van der Waals surface area contributed by atoms with Gasteiger partial charge in [-0.1, -0.05) is 37.3 Å². The van der Waals surface area contributed by atoms with Crippen LogP contribution in [-0.4, -0.2) is 47.8 Å². The van der Waals surface area contributed by atoms with Crippen molar-refractivity contribution in [1.29, 1.82) is 0 Å². The van der Waals surface area contributed by atoms with E-state index in [1.54, 1.807) is 6.92 Å². The summed E-state index contributed by atoms with van der Waals surface area (Å²) in [5, 5.41) is 2.89. The zero-order chi connectivity index (χ0) is 19.2. The van der Waals surface area contributed by atoms with Crippen molar-refractivity contribution in [3.8, 4) is 0 Å². The molecular formula is C20H30N2O4. The Labute approximate surface area is 155 Å². The van der Waals surface area contributed by atoms with E-state index in [0.717, 1.165) is 13.1 Å². The summed E-state index contributed by atoms with van der Waals surface area (Å²) in [5.41, 5.74) is 0.644. The van der Waals surface area contributed by atoms with Gasteiger partial charge in [-0.2, -0.15) is 0 Å². The van der Waals surface area contributed by atoms with Gasteiger partial charge in [-0.3, -0.25) is 9.69 Å². The molecule has 1 aromatic rings. The Morgan fingerprint density at radius 3 is 2.54 bits per heavy atom. The van der Waals surface area contributed by atoms with Gasteiger partial charge in [-0.15, -0.1) is 0 Å². The highest BCUT2D eigenvalue weighted by Crippen LogP contribution is 2.18. The van der Waals surface area contributed by atoms with Crippen molar-refractivity contribution in [3.63, 3.8) is 0 Å². The summed E-state index contributed by atoms with van der Waals surface area (Å²) in [5.74, 6) is -0.248. The largest absolute Gasteiger partial charge is 0.460 e. The summed E-state index contributed by atoms with van der Waals surface area (Å²) in [6, 6.07) is 9.90. The van der Waals surface area contributed by atoms with Gasteiger partial charge in [0.05, 0.1) is 6.04 Å². The van der Waals surface area contributed by atoms with E-state index in [2.05, 4.69) is 22.3 Å². The van der Waals surface area contributed by atoms with E-state index in [1.807, 2.05) is 39.0 Å². The van der Waals surface area contributed by atoms with Gasteiger partial charge in [0, 0.05) is 26.1 Å². The van der Waals surface area contributed by atoms with Gasteiger partial charge in [0.25, 0.3) is 0 Å². The number of carbonyl (C=O) groups is 2. The topological polar surface area (TPSA) is 67.9 Å². The number of benzene rings is 1. The minimum Gasteiger partial charge on any atom is -0.460 e. The maximum Gasteiger partial charge on any atom is 0.408 e. The smallest absolute Gasteiger partial charge is 0.408 e. The van der Waals surface area contributed by atoms with Crippen molar-refractivity contribution in [3.05, 3.63) is 35.9 Å². The number of hydrogen-bond acceptors (Lipinski definition) is 5. The summed E-state index contributed by atoms with van der Waals surface area (Å²) in [6.07, 6.45) is 0.186. The Bertz CT molecular complexity index is 598. The molecule has 1 aliphatic heterocycles. The van der Waals surface area contributed by atoms with Crippen LogP contribution in [0.3, 0.4) is 0 Å². The first-order chi connectivity index (χ1) is 12.3. The van der Waals surface area contributed by atoms with Gasteiger partial charge in [0.1, 0.15) is 11.7 Å². The van der Waals surface area contributed by atoms with Crippen molar-refractivity contribution >= 4 is 12.1 Å². The fraction of sp³-hybridized carbons (Fsp3) is 0.600. The molecule has 2 unspecified atom stereocenters. The molecule has 0 spiro atoms. The van der Waals surface area contributed by atoms with E-state index < -0.39 is 11.7 Å². The van der Waals surface area contributed by atoms with E-state index >= 15 is 0 Å². The first-order valence-corrected chi connectivity index (χ1v) is 9.22. The summed E-state index contributed by atoms with van der Waals surface area (Å²) < 4.78 is 10.9. The van der Waals surface area contributed by atoms with Gasteiger partial charge in [-0.05, 0) is 32.8 Å². The second kappa shape index (κ2) is 9.03. The molecule has 1 N–H and O–H groups in total. The van der Waals surface area contributed by atoms with Crippen molar-refractivity contribution in [1.82, 2.24) is 10.2 Å². The summed E-state index contributed by atoms with van der Waals surface area (Å²) in [7, 11) is 0. The molecule has 1 aliphatic rings. The quantitative estimate of drug-likeness (QED) is 0.815. The molecule has 1 heterocycles. The van der Waals surface area contributed by atoms with Crippen LogP contribution in [0.4, 0.5) is 4.79 Å². The van der Waals surface area contributed by atoms with Gasteiger partial charge in [0.15, 0.2) is 0 Å². The second-order valence-corrected chi connectivity index (χ2v) is 7.64. The van der Waals surface area contributed by atoms with E-state index in [0.29, 0.717) is 19.4 Å². The van der Waals surface area contributed by atoms with Crippen molar-refractivity contribution in [2.75, 3.05) is 13.1 Å². The number of nitrogens with zero attached hydrogens (tertiary/aromatic N) is 1. The molecule has 1 saturated heterocycles. The Hall–Kier alpha value is -2.08. The molecule has 6 nitrogen and oxygen atoms in total. The standard InChI is InChI=1S/C20H30N2O4/c1-5-18(23)25-17-11-12-22(13-15-9-7-6-8-10-15)14-16(17)21-19(24)26-20(2,3)4/h6-10,16-17H,5,11-14H2,1-4H3,(H,21,24). The minimum atomic E-state index is -0.571. The van der Waals surface area contributed by atoms with E-state index in [9.17, 15) is 9.59 Å². The third kappa shape index (κ3) is 6.67. The molecule has 1 aromatic carbocycles. The lowest BCUT2D eigenvalue weighted by Gasteiger charge is -2.38. The maximum absolute atomic E-state index is 12.2. The Morgan fingerprint density at radius 1 is 1.23 bits per heavy atom. The van der Waals surface area contributed by atoms with Crippen LogP contribution in [0.15, 0.2) is 30.3 Å². The number of rotatable bonds is 5. The highest BCUT2D eigenvalue weighted by molar-refractivity contribution is 5.70. The fourth-order valence-electron chi connectivity index (χ4n) is 2.97. The zero-order valence-electron chi connectivity index (χ0n) is 16.2. The summed E-state index contributed by atoms with van der Waals surface area (Å²) in [6.45, 7) is 9.45. The molecule has 0 aromatic heterocycles. The van der Waals surface area contributed by atoms with Crippen molar-refractivity contribution in [2.24, 2.45) is 0 Å². The molecule has 2 atom stereocenters. The zero-order valence-corrected chi connectivity index (χ0v) is 16.2.